The van der Waals surface area contributed by atoms with Crippen molar-refractivity contribution in [3.63, 3.8) is 0 Å². The zero-order valence-corrected chi connectivity index (χ0v) is 20.7. The zero-order chi connectivity index (χ0) is 23.6. The van der Waals surface area contributed by atoms with Gasteiger partial charge in [0.25, 0.3) is 6.09 Å². The molecule has 32 heavy (non-hydrogen) atoms. The van der Waals surface area contributed by atoms with Gasteiger partial charge in [-0.2, -0.15) is 0 Å². The quantitative estimate of drug-likeness (QED) is 0.535. The summed E-state index contributed by atoms with van der Waals surface area (Å²) in [7, 11) is 0. The van der Waals surface area contributed by atoms with E-state index in [1.807, 2.05) is 45.0 Å². The summed E-state index contributed by atoms with van der Waals surface area (Å²) in [6.07, 6.45) is 3.31. The van der Waals surface area contributed by atoms with Gasteiger partial charge in [0, 0.05) is 25.9 Å². The van der Waals surface area contributed by atoms with Gasteiger partial charge in [-0.3, -0.25) is 4.48 Å². The van der Waals surface area contributed by atoms with E-state index in [1.165, 1.54) is 19.4 Å². The number of carbonyl (C=O) groups is 1. The molecule has 6 heteroatoms. The van der Waals surface area contributed by atoms with Crippen LogP contribution in [0.15, 0.2) is 24.3 Å². The van der Waals surface area contributed by atoms with Crippen LogP contribution in [0.3, 0.4) is 0 Å². The standard InChI is InChI=1S/C26H42N2O4/c1-24(2,3)28(23(29)30)17-13-26(31,14-18-28)21-8-10-22(11-9-21)32-19-7-16-27-15-6-12-25(4,5)20-27/h8-11,31H,6-7,12-20H2,1-5H3. The summed E-state index contributed by atoms with van der Waals surface area (Å²) in [5.41, 5.74) is -0.240. The van der Waals surface area contributed by atoms with Crippen molar-refractivity contribution < 1.29 is 24.2 Å². The Morgan fingerprint density at radius 3 is 2.31 bits per heavy atom. The third kappa shape index (κ3) is 5.46. The summed E-state index contributed by atoms with van der Waals surface area (Å²) >= 11 is 0. The van der Waals surface area contributed by atoms with Crippen LogP contribution < -0.4 is 9.84 Å². The number of hydrogen-bond donors (Lipinski definition) is 1. The highest BCUT2D eigenvalue weighted by Gasteiger charge is 2.49. The highest BCUT2D eigenvalue weighted by atomic mass is 16.5. The van der Waals surface area contributed by atoms with Crippen molar-refractivity contribution in [2.75, 3.05) is 39.3 Å². The lowest BCUT2D eigenvalue weighted by Gasteiger charge is -2.53. The number of benzene rings is 1. The Labute approximate surface area is 193 Å². The zero-order valence-electron chi connectivity index (χ0n) is 20.7. The van der Waals surface area contributed by atoms with Crippen molar-refractivity contribution in [2.45, 2.75) is 77.9 Å². The summed E-state index contributed by atoms with van der Waals surface area (Å²) in [6.45, 7) is 15.3. The van der Waals surface area contributed by atoms with Crippen LogP contribution in [0.25, 0.3) is 0 Å². The van der Waals surface area contributed by atoms with Crippen molar-refractivity contribution in [3.05, 3.63) is 29.8 Å². The minimum absolute atomic E-state index is 0.120. The summed E-state index contributed by atoms with van der Waals surface area (Å²) in [4.78, 5) is 14.5. The molecule has 0 radical (unpaired) electrons. The Morgan fingerprint density at radius 2 is 1.78 bits per heavy atom. The summed E-state index contributed by atoms with van der Waals surface area (Å²) < 4.78 is 5.82. The number of piperidine rings is 2. The molecule has 180 valence electrons. The second kappa shape index (κ2) is 9.32. The lowest BCUT2D eigenvalue weighted by molar-refractivity contribution is -0.926. The number of aliphatic hydroxyl groups is 1. The number of ether oxygens (including phenoxy) is 1. The lowest BCUT2D eigenvalue weighted by Crippen LogP contribution is -2.71. The second-order valence-corrected chi connectivity index (χ2v) is 11.7. The predicted molar refractivity (Wildman–Crippen MR) is 124 cm³/mol. The molecule has 1 aromatic carbocycles. The van der Waals surface area contributed by atoms with Crippen LogP contribution in [-0.4, -0.2) is 65.5 Å². The van der Waals surface area contributed by atoms with Crippen LogP contribution in [0.2, 0.25) is 0 Å². The van der Waals surface area contributed by atoms with Gasteiger partial charge in [0.15, 0.2) is 0 Å². The minimum atomic E-state index is -1.06. The fourth-order valence-corrected chi connectivity index (χ4v) is 5.48. The topological polar surface area (TPSA) is 72.8 Å². The van der Waals surface area contributed by atoms with E-state index in [0.29, 0.717) is 38.0 Å². The van der Waals surface area contributed by atoms with E-state index in [4.69, 9.17) is 4.74 Å². The van der Waals surface area contributed by atoms with E-state index in [2.05, 4.69) is 18.7 Å². The molecule has 2 fully saturated rings. The largest absolute Gasteiger partial charge is 0.498 e. The molecule has 0 aliphatic carbocycles. The number of likely N-dealkylation sites (tertiary alicyclic amines) is 2. The average molecular weight is 447 g/mol. The molecule has 1 amide bonds. The Kier molecular flexibility index (Phi) is 7.28. The molecule has 0 aromatic heterocycles. The van der Waals surface area contributed by atoms with Gasteiger partial charge in [-0.15, -0.1) is 0 Å². The maximum Gasteiger partial charge on any atom is 0.257 e. The smallest absolute Gasteiger partial charge is 0.257 e. The Balaban J connectivity index is 1.50. The van der Waals surface area contributed by atoms with E-state index in [1.54, 1.807) is 0 Å². The van der Waals surface area contributed by atoms with E-state index in [-0.39, 0.29) is 4.48 Å². The highest BCUT2D eigenvalue weighted by Crippen LogP contribution is 2.40. The Hall–Kier alpha value is -1.63. The van der Waals surface area contributed by atoms with E-state index in [9.17, 15) is 15.0 Å². The molecule has 1 N–H and O–H groups in total. The van der Waals surface area contributed by atoms with Gasteiger partial charge < -0.3 is 24.6 Å². The van der Waals surface area contributed by atoms with Crippen molar-refractivity contribution >= 4 is 6.09 Å². The molecule has 2 heterocycles. The molecule has 0 unspecified atom stereocenters. The number of nitrogens with zero attached hydrogens (tertiary/aromatic N) is 2. The van der Waals surface area contributed by atoms with Crippen molar-refractivity contribution in [3.8, 4) is 5.75 Å². The number of amides is 1. The molecule has 0 atom stereocenters. The normalized spacial score (nSPS) is 28.9. The number of carbonyl (C=O) groups excluding carboxylic acids is 1. The molecule has 1 aromatic rings. The maximum absolute atomic E-state index is 11.9. The summed E-state index contributed by atoms with van der Waals surface area (Å²) in [6, 6.07) is 7.66. The average Bonchev–Trinajstić information content (AvgIpc) is 2.70. The number of carboxylic acid groups (broad SMARTS) is 1. The van der Waals surface area contributed by atoms with Crippen LogP contribution in [0.1, 0.15) is 72.3 Å². The molecule has 2 aliphatic rings. The Morgan fingerprint density at radius 1 is 1.16 bits per heavy atom. The van der Waals surface area contributed by atoms with Crippen LogP contribution in [0.5, 0.6) is 5.75 Å². The van der Waals surface area contributed by atoms with E-state index >= 15 is 0 Å². The molecule has 2 aliphatic heterocycles. The van der Waals surface area contributed by atoms with Gasteiger partial charge in [-0.1, -0.05) is 26.0 Å². The number of quaternary nitrogens is 1. The van der Waals surface area contributed by atoms with Crippen molar-refractivity contribution in [1.82, 2.24) is 4.90 Å². The van der Waals surface area contributed by atoms with Crippen molar-refractivity contribution in [1.29, 1.82) is 0 Å². The number of hydrogen-bond acceptors (Lipinski definition) is 5. The first-order valence-corrected chi connectivity index (χ1v) is 12.1. The van der Waals surface area contributed by atoms with Crippen LogP contribution in [-0.2, 0) is 5.60 Å². The molecule has 0 saturated carbocycles. The fraction of sp³-hybridized carbons (Fsp3) is 0.731. The van der Waals surface area contributed by atoms with Crippen LogP contribution in [0, 0.1) is 5.41 Å². The lowest BCUT2D eigenvalue weighted by atomic mass is 9.81. The monoisotopic (exact) mass is 446 g/mol. The highest BCUT2D eigenvalue weighted by molar-refractivity contribution is 5.55. The van der Waals surface area contributed by atoms with Gasteiger partial charge in [-0.25, -0.2) is 0 Å². The first-order valence-electron chi connectivity index (χ1n) is 12.1. The first-order chi connectivity index (χ1) is 14.9. The van der Waals surface area contributed by atoms with E-state index < -0.39 is 17.2 Å². The third-order valence-electron chi connectivity index (χ3n) is 7.71. The molecular weight excluding hydrogens is 404 g/mol. The van der Waals surface area contributed by atoms with Crippen molar-refractivity contribution in [2.24, 2.45) is 5.41 Å². The summed E-state index contributed by atoms with van der Waals surface area (Å²) in [5, 5.41) is 23.2. The first kappa shape index (κ1) is 25.0. The fourth-order valence-electron chi connectivity index (χ4n) is 5.48. The SMILES string of the molecule is CC1(C)CCCN(CCCOc2ccc(C3(O)CC[N+](C(=O)[O-])(C(C)(C)C)CC3)cc2)C1. The van der Waals surface area contributed by atoms with E-state index in [0.717, 1.165) is 30.8 Å². The number of rotatable bonds is 6. The molecule has 2 saturated heterocycles. The molecular formula is C26H42N2O4. The van der Waals surface area contributed by atoms with Gasteiger partial charge in [0.05, 0.1) is 25.2 Å². The van der Waals surface area contributed by atoms with Gasteiger partial charge >= 0.3 is 0 Å². The maximum atomic E-state index is 11.9. The Bertz CT molecular complexity index is 774. The van der Waals surface area contributed by atoms with Crippen LogP contribution in [0.4, 0.5) is 4.79 Å². The van der Waals surface area contributed by atoms with Gasteiger partial charge in [0.2, 0.25) is 0 Å². The van der Waals surface area contributed by atoms with Gasteiger partial charge in [0.1, 0.15) is 11.4 Å². The minimum Gasteiger partial charge on any atom is -0.498 e. The molecule has 0 bridgehead atoms. The third-order valence-corrected chi connectivity index (χ3v) is 7.71. The molecule has 0 spiro atoms. The molecule has 3 rings (SSSR count). The van der Waals surface area contributed by atoms with Gasteiger partial charge in [-0.05, 0) is 69.7 Å². The predicted octanol–water partition coefficient (Wildman–Crippen LogP) is 3.52. The molecule has 6 nitrogen and oxygen atoms in total. The second-order valence-electron chi connectivity index (χ2n) is 11.7. The summed E-state index contributed by atoms with van der Waals surface area (Å²) in [5.74, 6) is 0.807. The van der Waals surface area contributed by atoms with Crippen LogP contribution >= 0.6 is 0 Å².